The molecule has 282 valence electrons. The number of pyridine rings is 1. The van der Waals surface area contributed by atoms with Crippen LogP contribution in [-0.2, 0) is 35.3 Å². The number of carbonyl (C=O) groups excluding carboxylic acids is 2. The number of benzene rings is 4. The smallest absolute Gasteiger partial charge is 0.356 e. The fourth-order valence-corrected chi connectivity index (χ4v) is 7.20. The molecule has 11 heteroatoms. The fraction of sp³-hybridized carbons (Fsp3) is 0.273. The van der Waals surface area contributed by atoms with Gasteiger partial charge >= 0.3 is 11.9 Å². The zero-order valence-electron chi connectivity index (χ0n) is 30.7. The van der Waals surface area contributed by atoms with Crippen LogP contribution in [0.3, 0.4) is 0 Å². The van der Waals surface area contributed by atoms with Gasteiger partial charge in [0.25, 0.3) is 0 Å². The van der Waals surface area contributed by atoms with E-state index >= 15 is 0 Å². The molecule has 9 nitrogen and oxygen atoms in total. The van der Waals surface area contributed by atoms with Gasteiger partial charge < -0.3 is 18.6 Å². The molecule has 1 atom stereocenters. The maximum atomic E-state index is 14.8. The van der Waals surface area contributed by atoms with E-state index < -0.39 is 5.97 Å². The van der Waals surface area contributed by atoms with Gasteiger partial charge in [0.15, 0.2) is 5.58 Å². The Balaban J connectivity index is 1.08. The molecule has 0 amide bonds. The van der Waals surface area contributed by atoms with Crippen LogP contribution in [-0.4, -0.2) is 53.6 Å². The monoisotopic (exact) mass is 761 g/mol. The second kappa shape index (κ2) is 17.3. The number of carbonyl (C=O) groups is 2. The van der Waals surface area contributed by atoms with Gasteiger partial charge in [-0.25, -0.2) is 23.9 Å². The van der Waals surface area contributed by atoms with E-state index in [9.17, 15) is 14.0 Å². The number of nitrogens with zero attached hydrogens (tertiary/aromatic N) is 3. The standard InChI is InChI=1S/C44H41ClFN3O6/c1-3-53-44(51)37-18-17-35-36(47-37)5-4-6-39(35)49(23-21-28-7-13-31(14-8-28)43(50)52-2)24-22-32-25-34(46)16-20-40(32)54-27-29-9-11-30(12-10-29)42-48-38-26-33(45)15-19-41(38)55-42/h7-20,25-26,39H,3-6,21-24,27H2,1-2H3. The predicted molar refractivity (Wildman–Crippen MR) is 208 cm³/mol. The Morgan fingerprint density at radius 2 is 1.67 bits per heavy atom. The lowest BCUT2D eigenvalue weighted by Crippen LogP contribution is -2.35. The van der Waals surface area contributed by atoms with Gasteiger partial charge in [-0.1, -0.05) is 41.9 Å². The van der Waals surface area contributed by atoms with Crippen molar-refractivity contribution in [3.8, 4) is 17.2 Å². The number of rotatable bonds is 14. The summed E-state index contributed by atoms with van der Waals surface area (Å²) < 4.78 is 37.1. The summed E-state index contributed by atoms with van der Waals surface area (Å²) in [5, 5.41) is 0.596. The van der Waals surface area contributed by atoms with Crippen molar-refractivity contribution in [2.45, 2.75) is 51.7 Å². The van der Waals surface area contributed by atoms with Crippen LogP contribution >= 0.6 is 11.6 Å². The number of methoxy groups -OCH3 is 1. The van der Waals surface area contributed by atoms with Crippen molar-refractivity contribution in [2.24, 2.45) is 0 Å². The number of aromatic nitrogens is 2. The van der Waals surface area contributed by atoms with Gasteiger partial charge in [0.1, 0.15) is 29.4 Å². The summed E-state index contributed by atoms with van der Waals surface area (Å²) in [5.74, 6) is -0.0167. The molecule has 1 aliphatic rings. The van der Waals surface area contributed by atoms with Gasteiger partial charge in [-0.3, -0.25) is 4.90 Å². The van der Waals surface area contributed by atoms with E-state index in [4.69, 9.17) is 35.2 Å². The Hall–Kier alpha value is -5.58. The summed E-state index contributed by atoms with van der Waals surface area (Å²) >= 11 is 6.12. The van der Waals surface area contributed by atoms with Crippen LogP contribution in [0.2, 0.25) is 5.02 Å². The molecule has 0 aliphatic heterocycles. The van der Waals surface area contributed by atoms with E-state index in [1.54, 1.807) is 55.5 Å². The summed E-state index contributed by atoms with van der Waals surface area (Å²) in [5.41, 5.74) is 7.75. The maximum Gasteiger partial charge on any atom is 0.356 e. The number of aryl methyl sites for hydroxylation is 1. The molecule has 2 heterocycles. The third-order valence-corrected chi connectivity index (χ3v) is 10.1. The van der Waals surface area contributed by atoms with Crippen LogP contribution in [0.15, 0.2) is 101 Å². The number of halogens is 2. The normalized spacial score (nSPS) is 13.8. The Labute approximate surface area is 324 Å². The van der Waals surface area contributed by atoms with E-state index in [2.05, 4.69) is 9.88 Å². The minimum absolute atomic E-state index is 0.0384. The summed E-state index contributed by atoms with van der Waals surface area (Å²) in [4.78, 5) is 36.2. The highest BCUT2D eigenvalue weighted by Crippen LogP contribution is 2.35. The first kappa shape index (κ1) is 37.7. The fourth-order valence-electron chi connectivity index (χ4n) is 7.03. The minimum atomic E-state index is -0.428. The van der Waals surface area contributed by atoms with Gasteiger partial charge in [-0.15, -0.1) is 0 Å². The van der Waals surface area contributed by atoms with Gasteiger partial charge in [0.05, 0.1) is 19.3 Å². The Morgan fingerprint density at radius 3 is 2.45 bits per heavy atom. The number of hydrogen-bond donors (Lipinski definition) is 0. The highest BCUT2D eigenvalue weighted by Gasteiger charge is 2.28. The first-order chi connectivity index (χ1) is 26.8. The van der Waals surface area contributed by atoms with Crippen LogP contribution < -0.4 is 4.74 Å². The molecule has 7 rings (SSSR count). The number of hydrogen-bond acceptors (Lipinski definition) is 9. The lowest BCUT2D eigenvalue weighted by molar-refractivity contribution is 0.0517. The van der Waals surface area contributed by atoms with Crippen molar-refractivity contribution < 1.29 is 32.6 Å². The summed E-state index contributed by atoms with van der Waals surface area (Å²) in [6.45, 7) is 3.67. The largest absolute Gasteiger partial charge is 0.489 e. The first-order valence-electron chi connectivity index (χ1n) is 18.4. The van der Waals surface area contributed by atoms with Gasteiger partial charge in [-0.05, 0) is 128 Å². The molecule has 0 saturated heterocycles. The average molecular weight is 762 g/mol. The van der Waals surface area contributed by atoms with E-state index in [1.807, 2.05) is 42.5 Å². The van der Waals surface area contributed by atoms with Crippen LogP contribution in [0.4, 0.5) is 4.39 Å². The van der Waals surface area contributed by atoms with Gasteiger partial charge in [0, 0.05) is 35.4 Å². The predicted octanol–water partition coefficient (Wildman–Crippen LogP) is 9.39. The van der Waals surface area contributed by atoms with Gasteiger partial charge in [-0.2, -0.15) is 0 Å². The van der Waals surface area contributed by atoms with Crippen molar-refractivity contribution in [3.05, 3.63) is 147 Å². The molecular weight excluding hydrogens is 721 g/mol. The average Bonchev–Trinajstić information content (AvgIpc) is 3.63. The third kappa shape index (κ3) is 9.04. The van der Waals surface area contributed by atoms with Crippen molar-refractivity contribution in [2.75, 3.05) is 26.8 Å². The molecule has 0 bridgehead atoms. The van der Waals surface area contributed by atoms with E-state index in [0.29, 0.717) is 58.5 Å². The Morgan fingerprint density at radius 1 is 0.891 bits per heavy atom. The van der Waals surface area contributed by atoms with Crippen molar-refractivity contribution in [1.29, 1.82) is 0 Å². The van der Waals surface area contributed by atoms with Crippen LogP contribution in [0.25, 0.3) is 22.6 Å². The minimum Gasteiger partial charge on any atom is -0.489 e. The van der Waals surface area contributed by atoms with E-state index in [0.717, 1.165) is 59.2 Å². The summed E-state index contributed by atoms with van der Waals surface area (Å²) in [7, 11) is 1.37. The second-order valence-corrected chi connectivity index (χ2v) is 13.9. The number of ether oxygens (including phenoxy) is 3. The topological polar surface area (TPSA) is 104 Å². The summed E-state index contributed by atoms with van der Waals surface area (Å²) in [6, 6.07) is 29.0. The molecule has 1 unspecified atom stereocenters. The lowest BCUT2D eigenvalue weighted by atomic mass is 9.89. The molecule has 55 heavy (non-hydrogen) atoms. The highest BCUT2D eigenvalue weighted by atomic mass is 35.5. The Bertz CT molecular complexity index is 2290. The molecule has 1 aliphatic carbocycles. The Kier molecular flexibility index (Phi) is 11.8. The molecule has 0 fully saturated rings. The molecule has 0 N–H and O–H groups in total. The number of esters is 2. The first-order valence-corrected chi connectivity index (χ1v) is 18.8. The quantitative estimate of drug-likeness (QED) is 0.100. The zero-order valence-corrected chi connectivity index (χ0v) is 31.5. The molecular formula is C44H41ClFN3O6. The van der Waals surface area contributed by atoms with Crippen molar-refractivity contribution in [3.63, 3.8) is 0 Å². The molecule has 0 saturated carbocycles. The second-order valence-electron chi connectivity index (χ2n) is 13.5. The third-order valence-electron chi connectivity index (χ3n) is 9.88. The lowest BCUT2D eigenvalue weighted by Gasteiger charge is -2.36. The highest BCUT2D eigenvalue weighted by molar-refractivity contribution is 6.31. The van der Waals surface area contributed by atoms with E-state index in [1.165, 1.54) is 13.2 Å². The maximum absolute atomic E-state index is 14.8. The molecule has 0 spiro atoms. The molecule has 6 aromatic rings. The molecule has 4 aromatic carbocycles. The number of oxazole rings is 1. The van der Waals surface area contributed by atoms with Crippen molar-refractivity contribution in [1.82, 2.24) is 14.9 Å². The van der Waals surface area contributed by atoms with Crippen LogP contribution in [0.1, 0.15) is 74.6 Å². The zero-order chi connectivity index (χ0) is 38.3. The van der Waals surface area contributed by atoms with Crippen LogP contribution in [0.5, 0.6) is 5.75 Å². The SMILES string of the molecule is CCOC(=O)c1ccc2c(n1)CCCC2N(CCc1ccc(C(=O)OC)cc1)CCc1cc(F)ccc1OCc1ccc(-c2nc3cc(Cl)ccc3o2)cc1. The van der Waals surface area contributed by atoms with Gasteiger partial charge in [0.2, 0.25) is 5.89 Å². The molecule has 0 radical (unpaired) electrons. The van der Waals surface area contributed by atoms with E-state index in [-0.39, 0.29) is 31.0 Å². The molecule has 2 aromatic heterocycles. The summed E-state index contributed by atoms with van der Waals surface area (Å²) in [6.07, 6.45) is 3.86. The number of fused-ring (bicyclic) bond motifs is 2. The van der Waals surface area contributed by atoms with Crippen molar-refractivity contribution >= 4 is 34.6 Å². The van der Waals surface area contributed by atoms with Crippen LogP contribution in [0, 0.1) is 5.82 Å².